The first-order valence-electron chi connectivity index (χ1n) is 6.19. The van der Waals surface area contributed by atoms with Crippen LogP contribution >= 0.6 is 0 Å². The Kier molecular flexibility index (Phi) is 6.14. The van der Waals surface area contributed by atoms with Gasteiger partial charge in [0, 0.05) is 18.8 Å². The monoisotopic (exact) mass is 251 g/mol. The van der Waals surface area contributed by atoms with Crippen molar-refractivity contribution in [3.8, 4) is 5.88 Å². The number of nitrogens with one attached hydrogen (secondary N) is 1. The van der Waals surface area contributed by atoms with Crippen LogP contribution in [0.25, 0.3) is 0 Å². The van der Waals surface area contributed by atoms with Crippen molar-refractivity contribution in [1.29, 1.82) is 0 Å². The molecule has 0 spiro atoms. The zero-order valence-electron chi connectivity index (χ0n) is 11.0. The summed E-state index contributed by atoms with van der Waals surface area (Å²) in [6, 6.07) is 3.20. The SMILES string of the molecule is CCCC[C@H](N)C(=O)NCc1ccnc(OC)c1. The van der Waals surface area contributed by atoms with Gasteiger partial charge in [0.1, 0.15) is 0 Å². The second kappa shape index (κ2) is 7.66. The number of aromatic nitrogens is 1. The lowest BCUT2D eigenvalue weighted by molar-refractivity contribution is -0.122. The van der Waals surface area contributed by atoms with Crippen molar-refractivity contribution < 1.29 is 9.53 Å². The van der Waals surface area contributed by atoms with E-state index >= 15 is 0 Å². The van der Waals surface area contributed by atoms with Gasteiger partial charge in [0.25, 0.3) is 0 Å². The molecule has 100 valence electrons. The van der Waals surface area contributed by atoms with Crippen LogP contribution in [0.5, 0.6) is 5.88 Å². The molecule has 18 heavy (non-hydrogen) atoms. The van der Waals surface area contributed by atoms with Gasteiger partial charge in [-0.25, -0.2) is 4.98 Å². The van der Waals surface area contributed by atoms with Gasteiger partial charge in [-0.15, -0.1) is 0 Å². The van der Waals surface area contributed by atoms with Crippen molar-refractivity contribution in [2.45, 2.75) is 38.8 Å². The summed E-state index contributed by atoms with van der Waals surface area (Å²) in [5, 5.41) is 2.81. The summed E-state index contributed by atoms with van der Waals surface area (Å²) in [4.78, 5) is 15.7. The molecule has 0 aromatic carbocycles. The minimum absolute atomic E-state index is 0.112. The van der Waals surface area contributed by atoms with Crippen LogP contribution < -0.4 is 15.8 Å². The van der Waals surface area contributed by atoms with Gasteiger partial charge >= 0.3 is 0 Å². The van der Waals surface area contributed by atoms with E-state index in [1.54, 1.807) is 19.4 Å². The quantitative estimate of drug-likeness (QED) is 0.764. The van der Waals surface area contributed by atoms with Crippen LogP contribution in [0.1, 0.15) is 31.7 Å². The van der Waals surface area contributed by atoms with Crippen molar-refractivity contribution in [2.75, 3.05) is 7.11 Å². The predicted octanol–water partition coefficient (Wildman–Crippen LogP) is 1.22. The highest BCUT2D eigenvalue weighted by Crippen LogP contribution is 2.08. The number of amides is 1. The average molecular weight is 251 g/mol. The highest BCUT2D eigenvalue weighted by atomic mass is 16.5. The van der Waals surface area contributed by atoms with E-state index in [4.69, 9.17) is 10.5 Å². The van der Waals surface area contributed by atoms with E-state index in [1.165, 1.54) is 0 Å². The van der Waals surface area contributed by atoms with E-state index in [0.29, 0.717) is 12.4 Å². The molecule has 1 atom stereocenters. The molecule has 0 radical (unpaired) electrons. The summed E-state index contributed by atoms with van der Waals surface area (Å²) in [5.41, 5.74) is 6.72. The molecule has 1 aromatic heterocycles. The van der Waals surface area contributed by atoms with Crippen LogP contribution in [0.3, 0.4) is 0 Å². The summed E-state index contributed by atoms with van der Waals surface area (Å²) in [5.74, 6) is 0.427. The third kappa shape index (κ3) is 4.71. The standard InChI is InChI=1S/C13H21N3O2/c1-3-4-5-11(14)13(17)16-9-10-6-7-15-12(8-10)18-2/h6-8,11H,3-5,9,14H2,1-2H3,(H,16,17)/t11-/m0/s1. The predicted molar refractivity (Wildman–Crippen MR) is 70.1 cm³/mol. The first-order valence-corrected chi connectivity index (χ1v) is 6.19. The number of hydrogen-bond acceptors (Lipinski definition) is 4. The van der Waals surface area contributed by atoms with Gasteiger partial charge in [-0.1, -0.05) is 19.8 Å². The summed E-state index contributed by atoms with van der Waals surface area (Å²) in [7, 11) is 1.56. The molecule has 0 saturated carbocycles. The molecule has 1 heterocycles. The fraction of sp³-hybridized carbons (Fsp3) is 0.538. The average Bonchev–Trinajstić information content (AvgIpc) is 2.42. The topological polar surface area (TPSA) is 77.2 Å². The largest absolute Gasteiger partial charge is 0.481 e. The molecular formula is C13H21N3O2. The molecule has 0 unspecified atom stereocenters. The van der Waals surface area contributed by atoms with Crippen LogP contribution in [-0.2, 0) is 11.3 Å². The molecule has 1 rings (SSSR count). The van der Waals surface area contributed by atoms with Gasteiger partial charge in [-0.3, -0.25) is 4.79 Å². The molecular weight excluding hydrogens is 230 g/mol. The number of unbranched alkanes of at least 4 members (excludes halogenated alkanes) is 1. The Bertz CT molecular complexity index is 382. The van der Waals surface area contributed by atoms with Gasteiger partial charge < -0.3 is 15.8 Å². The van der Waals surface area contributed by atoms with E-state index in [1.807, 2.05) is 6.07 Å². The van der Waals surface area contributed by atoms with Crippen LogP contribution in [0.15, 0.2) is 18.3 Å². The second-order valence-corrected chi connectivity index (χ2v) is 4.17. The molecule has 0 aliphatic heterocycles. The normalized spacial score (nSPS) is 11.9. The Balaban J connectivity index is 2.41. The number of pyridine rings is 1. The van der Waals surface area contributed by atoms with Gasteiger partial charge in [0.05, 0.1) is 13.2 Å². The summed E-state index contributed by atoms with van der Waals surface area (Å²) < 4.78 is 5.01. The lowest BCUT2D eigenvalue weighted by Crippen LogP contribution is -2.40. The van der Waals surface area contributed by atoms with Gasteiger partial charge in [0.15, 0.2) is 0 Å². The molecule has 0 saturated heterocycles. The Labute approximate surface area is 108 Å². The van der Waals surface area contributed by atoms with Crippen molar-refractivity contribution in [1.82, 2.24) is 10.3 Å². The van der Waals surface area contributed by atoms with Gasteiger partial charge in [0.2, 0.25) is 11.8 Å². The second-order valence-electron chi connectivity index (χ2n) is 4.17. The Morgan fingerprint density at radius 1 is 1.61 bits per heavy atom. The first kappa shape index (κ1) is 14.4. The maximum atomic E-state index is 11.7. The molecule has 0 aliphatic rings. The number of rotatable bonds is 7. The van der Waals surface area contributed by atoms with E-state index in [-0.39, 0.29) is 5.91 Å². The third-order valence-electron chi connectivity index (χ3n) is 2.68. The highest BCUT2D eigenvalue weighted by Gasteiger charge is 2.12. The number of carbonyl (C=O) groups is 1. The molecule has 1 aromatic rings. The zero-order chi connectivity index (χ0) is 13.4. The Hall–Kier alpha value is -1.62. The molecule has 3 N–H and O–H groups in total. The molecule has 5 heteroatoms. The maximum absolute atomic E-state index is 11.7. The first-order chi connectivity index (χ1) is 8.67. The van der Waals surface area contributed by atoms with Crippen LogP contribution in [0.4, 0.5) is 0 Å². The van der Waals surface area contributed by atoms with Crippen molar-refractivity contribution >= 4 is 5.91 Å². The summed E-state index contributed by atoms with van der Waals surface area (Å²) in [6.07, 6.45) is 4.39. The Morgan fingerprint density at radius 2 is 2.39 bits per heavy atom. The van der Waals surface area contributed by atoms with Crippen molar-refractivity contribution in [2.24, 2.45) is 5.73 Å². The van der Waals surface area contributed by atoms with Crippen molar-refractivity contribution in [3.63, 3.8) is 0 Å². The highest BCUT2D eigenvalue weighted by molar-refractivity contribution is 5.81. The fourth-order valence-electron chi connectivity index (χ4n) is 1.55. The lowest BCUT2D eigenvalue weighted by Gasteiger charge is -2.11. The van der Waals surface area contributed by atoms with E-state index < -0.39 is 6.04 Å². The van der Waals surface area contributed by atoms with E-state index in [0.717, 1.165) is 24.8 Å². The molecule has 5 nitrogen and oxygen atoms in total. The molecule has 0 bridgehead atoms. The van der Waals surface area contributed by atoms with Gasteiger partial charge in [-0.2, -0.15) is 0 Å². The van der Waals surface area contributed by atoms with Crippen LogP contribution in [0, 0.1) is 0 Å². The fourth-order valence-corrected chi connectivity index (χ4v) is 1.55. The molecule has 0 fully saturated rings. The van der Waals surface area contributed by atoms with Crippen LogP contribution in [0.2, 0.25) is 0 Å². The zero-order valence-corrected chi connectivity index (χ0v) is 11.0. The van der Waals surface area contributed by atoms with Crippen LogP contribution in [-0.4, -0.2) is 24.0 Å². The van der Waals surface area contributed by atoms with E-state index in [2.05, 4.69) is 17.2 Å². The Morgan fingerprint density at radius 3 is 3.06 bits per heavy atom. The number of methoxy groups -OCH3 is 1. The third-order valence-corrected chi connectivity index (χ3v) is 2.68. The number of nitrogens with zero attached hydrogens (tertiary/aromatic N) is 1. The summed E-state index contributed by atoms with van der Waals surface area (Å²) in [6.45, 7) is 2.52. The summed E-state index contributed by atoms with van der Waals surface area (Å²) >= 11 is 0. The van der Waals surface area contributed by atoms with Crippen molar-refractivity contribution in [3.05, 3.63) is 23.9 Å². The molecule has 1 amide bonds. The number of ether oxygens (including phenoxy) is 1. The minimum Gasteiger partial charge on any atom is -0.481 e. The lowest BCUT2D eigenvalue weighted by atomic mass is 10.1. The number of hydrogen-bond donors (Lipinski definition) is 2. The van der Waals surface area contributed by atoms with Gasteiger partial charge in [-0.05, 0) is 18.1 Å². The molecule has 0 aliphatic carbocycles. The number of nitrogens with two attached hydrogens (primary N) is 1. The smallest absolute Gasteiger partial charge is 0.237 e. The maximum Gasteiger partial charge on any atom is 0.237 e. The number of carbonyl (C=O) groups excluding carboxylic acids is 1. The minimum atomic E-state index is -0.423. The van der Waals surface area contributed by atoms with E-state index in [9.17, 15) is 4.79 Å².